The Morgan fingerprint density at radius 3 is 2.42 bits per heavy atom. The van der Waals surface area contributed by atoms with Crippen LogP contribution in [0, 0.1) is 0 Å². The molecule has 2 N–H and O–H groups in total. The summed E-state index contributed by atoms with van der Waals surface area (Å²) in [6.07, 6.45) is 0. The standard InChI is InChI=1S/C16H14Br2N2O4/c1-23-12-5-3-11(4-6-12)19-16(22)20-15(21)9-24-14-7-2-10(17)8-13(14)18/h2-8H,9H2,1H3,(H2,19,20,21,22). The number of methoxy groups -OCH3 is 1. The quantitative estimate of drug-likeness (QED) is 0.712. The van der Waals surface area contributed by atoms with Crippen molar-refractivity contribution in [3.63, 3.8) is 0 Å². The average molecular weight is 458 g/mol. The molecular formula is C16H14Br2N2O4. The van der Waals surface area contributed by atoms with E-state index in [-0.39, 0.29) is 6.61 Å². The molecule has 126 valence electrons. The number of benzene rings is 2. The Labute approximate surface area is 155 Å². The van der Waals surface area contributed by atoms with Crippen molar-refractivity contribution in [2.45, 2.75) is 0 Å². The van der Waals surface area contributed by atoms with Crippen molar-refractivity contribution in [3.8, 4) is 11.5 Å². The summed E-state index contributed by atoms with van der Waals surface area (Å²) in [5.41, 5.74) is 0.540. The predicted molar refractivity (Wildman–Crippen MR) is 97.5 cm³/mol. The first-order valence-electron chi connectivity index (χ1n) is 6.80. The molecule has 0 spiro atoms. The zero-order chi connectivity index (χ0) is 17.5. The van der Waals surface area contributed by atoms with Crippen molar-refractivity contribution in [2.75, 3.05) is 19.0 Å². The molecule has 24 heavy (non-hydrogen) atoms. The number of anilines is 1. The molecule has 0 fully saturated rings. The summed E-state index contributed by atoms with van der Waals surface area (Å²) in [5.74, 6) is 0.616. The van der Waals surface area contributed by atoms with Crippen LogP contribution >= 0.6 is 31.9 Å². The van der Waals surface area contributed by atoms with E-state index in [2.05, 4.69) is 42.5 Å². The second-order valence-corrected chi connectivity index (χ2v) is 6.36. The van der Waals surface area contributed by atoms with Crippen LogP contribution in [0.1, 0.15) is 0 Å². The lowest BCUT2D eigenvalue weighted by Crippen LogP contribution is -2.37. The zero-order valence-electron chi connectivity index (χ0n) is 12.6. The number of ether oxygens (including phenoxy) is 2. The number of nitrogens with one attached hydrogen (secondary N) is 2. The van der Waals surface area contributed by atoms with E-state index in [9.17, 15) is 9.59 Å². The summed E-state index contributed by atoms with van der Waals surface area (Å²) in [6.45, 7) is -0.281. The van der Waals surface area contributed by atoms with Crippen LogP contribution in [0.2, 0.25) is 0 Å². The first-order chi connectivity index (χ1) is 11.5. The average Bonchev–Trinajstić information content (AvgIpc) is 2.54. The molecular weight excluding hydrogens is 444 g/mol. The number of amides is 3. The van der Waals surface area contributed by atoms with Gasteiger partial charge in [-0.2, -0.15) is 0 Å². The van der Waals surface area contributed by atoms with E-state index in [4.69, 9.17) is 9.47 Å². The number of rotatable bonds is 5. The minimum atomic E-state index is -0.636. The fourth-order valence-corrected chi connectivity index (χ4v) is 2.90. The van der Waals surface area contributed by atoms with Gasteiger partial charge in [0.1, 0.15) is 11.5 Å². The van der Waals surface area contributed by atoms with Crippen molar-refractivity contribution >= 4 is 49.5 Å². The molecule has 0 aliphatic heterocycles. The smallest absolute Gasteiger partial charge is 0.325 e. The Balaban J connectivity index is 1.81. The maximum absolute atomic E-state index is 11.8. The Kier molecular flexibility index (Phi) is 6.62. The topological polar surface area (TPSA) is 76.7 Å². The van der Waals surface area contributed by atoms with Crippen LogP contribution in [0.5, 0.6) is 11.5 Å². The van der Waals surface area contributed by atoms with Gasteiger partial charge >= 0.3 is 6.03 Å². The highest BCUT2D eigenvalue weighted by Gasteiger charge is 2.10. The third-order valence-corrected chi connectivity index (χ3v) is 3.97. The molecule has 6 nitrogen and oxygen atoms in total. The van der Waals surface area contributed by atoms with E-state index >= 15 is 0 Å². The van der Waals surface area contributed by atoms with Gasteiger partial charge in [0.25, 0.3) is 5.91 Å². The monoisotopic (exact) mass is 456 g/mol. The number of hydrogen-bond acceptors (Lipinski definition) is 4. The summed E-state index contributed by atoms with van der Waals surface area (Å²) in [5, 5.41) is 4.73. The Hall–Kier alpha value is -2.06. The normalized spacial score (nSPS) is 9.96. The second-order valence-electron chi connectivity index (χ2n) is 4.59. The molecule has 0 aromatic heterocycles. The Bertz CT molecular complexity index is 735. The van der Waals surface area contributed by atoms with E-state index in [1.807, 2.05) is 0 Å². The van der Waals surface area contributed by atoms with Gasteiger partial charge in [0, 0.05) is 10.2 Å². The molecule has 0 atom stereocenters. The van der Waals surface area contributed by atoms with Crippen LogP contribution in [0.15, 0.2) is 51.4 Å². The van der Waals surface area contributed by atoms with Crippen molar-refractivity contribution in [2.24, 2.45) is 0 Å². The summed E-state index contributed by atoms with van der Waals surface area (Å²) < 4.78 is 12.0. The Morgan fingerprint density at radius 2 is 1.79 bits per heavy atom. The molecule has 0 radical (unpaired) electrons. The summed E-state index contributed by atoms with van der Waals surface area (Å²) in [6, 6.07) is 11.4. The van der Waals surface area contributed by atoms with E-state index < -0.39 is 11.9 Å². The number of carbonyl (C=O) groups is 2. The van der Waals surface area contributed by atoms with Gasteiger partial charge in [0.2, 0.25) is 0 Å². The fraction of sp³-hybridized carbons (Fsp3) is 0.125. The van der Waals surface area contributed by atoms with Gasteiger partial charge in [-0.15, -0.1) is 0 Å². The number of hydrogen-bond donors (Lipinski definition) is 2. The van der Waals surface area contributed by atoms with Gasteiger partial charge in [0.05, 0.1) is 11.6 Å². The van der Waals surface area contributed by atoms with E-state index in [1.165, 1.54) is 0 Å². The van der Waals surface area contributed by atoms with Crippen molar-refractivity contribution < 1.29 is 19.1 Å². The Morgan fingerprint density at radius 1 is 1.08 bits per heavy atom. The minimum absolute atomic E-state index is 0.281. The molecule has 3 amide bonds. The highest BCUT2D eigenvalue weighted by molar-refractivity contribution is 9.11. The molecule has 0 bridgehead atoms. The third-order valence-electron chi connectivity index (χ3n) is 2.85. The van der Waals surface area contributed by atoms with E-state index in [1.54, 1.807) is 49.6 Å². The van der Waals surface area contributed by atoms with Gasteiger partial charge < -0.3 is 14.8 Å². The van der Waals surface area contributed by atoms with Crippen molar-refractivity contribution in [1.82, 2.24) is 5.32 Å². The number of imide groups is 1. The lowest BCUT2D eigenvalue weighted by molar-refractivity contribution is -0.121. The van der Waals surface area contributed by atoms with Crippen LogP contribution in [0.4, 0.5) is 10.5 Å². The molecule has 2 rings (SSSR count). The molecule has 2 aromatic carbocycles. The van der Waals surface area contributed by atoms with Crippen molar-refractivity contribution in [3.05, 3.63) is 51.4 Å². The summed E-state index contributed by atoms with van der Waals surface area (Å²) in [7, 11) is 1.55. The highest BCUT2D eigenvalue weighted by atomic mass is 79.9. The zero-order valence-corrected chi connectivity index (χ0v) is 15.8. The molecule has 0 saturated heterocycles. The number of halogens is 2. The first kappa shape index (κ1) is 18.3. The SMILES string of the molecule is COc1ccc(NC(=O)NC(=O)COc2ccc(Br)cc2Br)cc1. The molecule has 2 aromatic rings. The lowest BCUT2D eigenvalue weighted by atomic mass is 10.3. The van der Waals surface area contributed by atoms with Crippen LogP contribution in [-0.4, -0.2) is 25.7 Å². The third kappa shape index (κ3) is 5.54. The van der Waals surface area contributed by atoms with Gasteiger partial charge in [-0.1, -0.05) is 15.9 Å². The van der Waals surface area contributed by atoms with Crippen molar-refractivity contribution in [1.29, 1.82) is 0 Å². The molecule has 0 saturated carbocycles. The van der Waals surface area contributed by atoms with E-state index in [0.29, 0.717) is 21.7 Å². The van der Waals surface area contributed by atoms with Crippen LogP contribution in [0.3, 0.4) is 0 Å². The molecule has 0 aliphatic carbocycles. The first-order valence-corrected chi connectivity index (χ1v) is 8.39. The van der Waals surface area contributed by atoms with Crippen LogP contribution in [-0.2, 0) is 4.79 Å². The highest BCUT2D eigenvalue weighted by Crippen LogP contribution is 2.28. The maximum atomic E-state index is 11.8. The van der Waals surface area contributed by atoms with Gasteiger partial charge in [0.15, 0.2) is 6.61 Å². The van der Waals surface area contributed by atoms with Gasteiger partial charge in [-0.25, -0.2) is 4.79 Å². The molecule has 8 heteroatoms. The van der Waals surface area contributed by atoms with Gasteiger partial charge in [-0.3, -0.25) is 10.1 Å². The second kappa shape index (κ2) is 8.70. The number of urea groups is 1. The fourth-order valence-electron chi connectivity index (χ4n) is 1.73. The number of carbonyl (C=O) groups excluding carboxylic acids is 2. The largest absolute Gasteiger partial charge is 0.497 e. The molecule has 0 heterocycles. The maximum Gasteiger partial charge on any atom is 0.325 e. The summed E-state index contributed by atoms with van der Waals surface area (Å²) >= 11 is 6.65. The minimum Gasteiger partial charge on any atom is -0.497 e. The van der Waals surface area contributed by atoms with Crippen LogP contribution < -0.4 is 20.1 Å². The van der Waals surface area contributed by atoms with E-state index in [0.717, 1.165) is 4.47 Å². The predicted octanol–water partition coefficient (Wildman–Crippen LogP) is 3.95. The van der Waals surface area contributed by atoms with Gasteiger partial charge in [-0.05, 0) is 58.4 Å². The lowest BCUT2D eigenvalue weighted by Gasteiger charge is -2.09. The van der Waals surface area contributed by atoms with Crippen LogP contribution in [0.25, 0.3) is 0 Å². The summed E-state index contributed by atoms with van der Waals surface area (Å²) in [4.78, 5) is 23.5. The molecule has 0 aliphatic rings. The molecule has 0 unspecified atom stereocenters.